The summed E-state index contributed by atoms with van der Waals surface area (Å²) in [6, 6.07) is 2.45. The topological polar surface area (TPSA) is 89.5 Å². The molecule has 1 aliphatic carbocycles. The number of aliphatic imine (C=N–C) groups is 1. The molecule has 0 bridgehead atoms. The first-order valence-electron chi connectivity index (χ1n) is 9.47. The van der Waals surface area contributed by atoms with Crippen LogP contribution in [0.5, 0.6) is 0 Å². The summed E-state index contributed by atoms with van der Waals surface area (Å²) in [7, 11) is 2.12. The predicted molar refractivity (Wildman–Crippen MR) is 104 cm³/mol. The van der Waals surface area contributed by atoms with E-state index in [0.29, 0.717) is 30.3 Å². The fraction of sp³-hybridized carbons (Fsp3) is 0.474. The Kier molecular flexibility index (Phi) is 3.84. The molecule has 5 rings (SSSR count). The van der Waals surface area contributed by atoms with Gasteiger partial charge >= 0.3 is 6.03 Å². The van der Waals surface area contributed by atoms with Crippen molar-refractivity contribution in [3.63, 3.8) is 0 Å². The molecule has 140 valence electrons. The van der Waals surface area contributed by atoms with E-state index in [1.54, 1.807) is 6.33 Å². The number of rotatable bonds is 2. The number of aromatic nitrogens is 3. The number of amidine groups is 1. The summed E-state index contributed by atoms with van der Waals surface area (Å²) in [5.41, 5.74) is 0.872. The van der Waals surface area contributed by atoms with Crippen LogP contribution in [0.4, 0.5) is 10.6 Å². The third-order valence-electron chi connectivity index (χ3n) is 6.11. The van der Waals surface area contributed by atoms with Crippen LogP contribution in [0, 0.1) is 11.8 Å². The van der Waals surface area contributed by atoms with Crippen molar-refractivity contribution in [3.8, 4) is 0 Å². The van der Waals surface area contributed by atoms with Crippen molar-refractivity contribution in [2.75, 3.05) is 31.6 Å². The quantitative estimate of drug-likeness (QED) is 0.849. The number of carbonyl (C=O) groups excluding carboxylic acids is 1. The van der Waals surface area contributed by atoms with Gasteiger partial charge in [0.25, 0.3) is 0 Å². The zero-order valence-corrected chi connectivity index (χ0v) is 15.3. The number of urea groups is 1. The number of hydrogen-bond donors (Lipinski definition) is 2. The lowest BCUT2D eigenvalue weighted by molar-refractivity contribution is 0.210. The molecular formula is C19H23N7O. The molecule has 2 aromatic rings. The number of amides is 2. The number of hydrogen-bond acceptors (Lipinski definition) is 5. The van der Waals surface area contributed by atoms with Gasteiger partial charge in [-0.1, -0.05) is 6.08 Å². The van der Waals surface area contributed by atoms with Gasteiger partial charge in [-0.3, -0.25) is 10.3 Å². The third kappa shape index (κ3) is 2.85. The first-order chi connectivity index (χ1) is 13.2. The zero-order valence-electron chi connectivity index (χ0n) is 15.3. The van der Waals surface area contributed by atoms with Crippen molar-refractivity contribution in [1.82, 2.24) is 25.2 Å². The molecule has 1 unspecified atom stereocenters. The first-order valence-corrected chi connectivity index (χ1v) is 9.47. The molecule has 2 N–H and O–H groups in total. The molecular weight excluding hydrogens is 342 g/mol. The predicted octanol–water partition coefficient (Wildman–Crippen LogP) is 1.78. The van der Waals surface area contributed by atoms with Gasteiger partial charge in [-0.05, 0) is 36.8 Å². The number of fused-ring (bicyclic) bond motifs is 2. The third-order valence-corrected chi connectivity index (χ3v) is 6.11. The lowest BCUT2D eigenvalue weighted by Gasteiger charge is -2.28. The summed E-state index contributed by atoms with van der Waals surface area (Å²) < 4.78 is 0. The van der Waals surface area contributed by atoms with Crippen LogP contribution in [0.25, 0.3) is 11.0 Å². The maximum Gasteiger partial charge on any atom is 0.323 e. The average Bonchev–Trinajstić information content (AvgIpc) is 3.42. The minimum atomic E-state index is -0.0237. The Morgan fingerprint density at radius 2 is 2.11 bits per heavy atom. The lowest BCUT2D eigenvalue weighted by Crippen LogP contribution is -2.42. The molecule has 4 heterocycles. The van der Waals surface area contributed by atoms with E-state index in [9.17, 15) is 4.79 Å². The van der Waals surface area contributed by atoms with Gasteiger partial charge in [0.1, 0.15) is 23.6 Å². The summed E-state index contributed by atoms with van der Waals surface area (Å²) >= 11 is 0. The summed E-state index contributed by atoms with van der Waals surface area (Å²) in [6.07, 6.45) is 9.50. The lowest BCUT2D eigenvalue weighted by atomic mass is 10.0. The van der Waals surface area contributed by atoms with Crippen molar-refractivity contribution in [3.05, 3.63) is 30.7 Å². The van der Waals surface area contributed by atoms with Gasteiger partial charge in [-0.25, -0.2) is 14.8 Å². The van der Waals surface area contributed by atoms with Crippen LogP contribution in [0.2, 0.25) is 0 Å². The van der Waals surface area contributed by atoms with Gasteiger partial charge in [-0.15, -0.1) is 0 Å². The van der Waals surface area contributed by atoms with Crippen molar-refractivity contribution in [1.29, 1.82) is 0 Å². The Bertz CT molecular complexity index is 919. The Morgan fingerprint density at radius 3 is 2.85 bits per heavy atom. The van der Waals surface area contributed by atoms with Crippen molar-refractivity contribution < 1.29 is 4.79 Å². The fourth-order valence-corrected chi connectivity index (χ4v) is 4.70. The largest absolute Gasteiger partial charge is 0.356 e. The van der Waals surface area contributed by atoms with Gasteiger partial charge in [0, 0.05) is 32.4 Å². The zero-order chi connectivity index (χ0) is 18.4. The molecule has 27 heavy (non-hydrogen) atoms. The van der Waals surface area contributed by atoms with E-state index in [0.717, 1.165) is 42.8 Å². The maximum absolute atomic E-state index is 12.5. The highest BCUT2D eigenvalue weighted by molar-refractivity contribution is 6.04. The molecule has 2 amide bonds. The summed E-state index contributed by atoms with van der Waals surface area (Å²) in [5.74, 6) is 2.75. The van der Waals surface area contributed by atoms with Gasteiger partial charge in [0.05, 0.1) is 11.9 Å². The fourth-order valence-electron chi connectivity index (χ4n) is 4.70. The van der Waals surface area contributed by atoms with Crippen molar-refractivity contribution in [2.24, 2.45) is 16.8 Å². The van der Waals surface area contributed by atoms with Crippen LogP contribution < -0.4 is 10.2 Å². The Morgan fingerprint density at radius 1 is 1.30 bits per heavy atom. The van der Waals surface area contributed by atoms with Gasteiger partial charge in [-0.2, -0.15) is 0 Å². The first kappa shape index (κ1) is 16.3. The number of anilines is 1. The summed E-state index contributed by atoms with van der Waals surface area (Å²) in [6.45, 7) is 2.30. The normalized spacial score (nSPS) is 26.5. The molecule has 2 aliphatic heterocycles. The summed E-state index contributed by atoms with van der Waals surface area (Å²) in [5, 5.41) is 3.97. The Labute approximate surface area is 157 Å². The molecule has 8 heteroatoms. The van der Waals surface area contributed by atoms with Gasteiger partial charge in [0.15, 0.2) is 0 Å². The van der Waals surface area contributed by atoms with Gasteiger partial charge < -0.3 is 14.8 Å². The van der Waals surface area contributed by atoms with E-state index < -0.39 is 0 Å². The smallest absolute Gasteiger partial charge is 0.323 e. The van der Waals surface area contributed by atoms with Crippen LogP contribution >= 0.6 is 0 Å². The van der Waals surface area contributed by atoms with Crippen LogP contribution in [0.15, 0.2) is 35.7 Å². The highest BCUT2D eigenvalue weighted by Crippen LogP contribution is 2.41. The molecule has 0 aromatic carbocycles. The van der Waals surface area contributed by atoms with E-state index in [1.165, 1.54) is 0 Å². The molecule has 3 atom stereocenters. The molecule has 1 saturated heterocycles. The van der Waals surface area contributed by atoms with E-state index in [1.807, 2.05) is 29.3 Å². The van der Waals surface area contributed by atoms with Gasteiger partial charge in [0.2, 0.25) is 0 Å². The van der Waals surface area contributed by atoms with E-state index in [4.69, 9.17) is 0 Å². The maximum atomic E-state index is 12.5. The van der Waals surface area contributed by atoms with Crippen LogP contribution in [-0.2, 0) is 0 Å². The highest BCUT2D eigenvalue weighted by atomic mass is 16.2. The SMILES string of the molecule is CN(c1ncnc2[nH]ccc12)C1C[C@@H]2CN(C(=O)NC3=NCC=C3)C[C@@H]2C1. The number of likely N-dealkylation sites (tertiary alicyclic amines) is 1. The molecule has 1 saturated carbocycles. The minimum absolute atomic E-state index is 0.0237. The second kappa shape index (κ2) is 6.37. The van der Waals surface area contributed by atoms with E-state index >= 15 is 0 Å². The number of H-pyrrole nitrogens is 1. The molecule has 0 spiro atoms. The van der Waals surface area contributed by atoms with Crippen molar-refractivity contribution in [2.45, 2.75) is 18.9 Å². The van der Waals surface area contributed by atoms with Crippen LogP contribution in [-0.4, -0.2) is 64.4 Å². The molecule has 2 fully saturated rings. The highest BCUT2D eigenvalue weighted by Gasteiger charge is 2.44. The number of nitrogens with zero attached hydrogens (tertiary/aromatic N) is 5. The molecule has 3 aliphatic rings. The summed E-state index contributed by atoms with van der Waals surface area (Å²) in [4.78, 5) is 32.9. The Hall–Kier alpha value is -2.90. The number of aromatic amines is 1. The van der Waals surface area contributed by atoms with Crippen LogP contribution in [0.1, 0.15) is 12.8 Å². The molecule has 8 nitrogen and oxygen atoms in total. The average molecular weight is 365 g/mol. The minimum Gasteiger partial charge on any atom is -0.356 e. The monoisotopic (exact) mass is 365 g/mol. The number of nitrogens with one attached hydrogen (secondary N) is 2. The molecule has 2 aromatic heterocycles. The van der Waals surface area contributed by atoms with E-state index in [-0.39, 0.29) is 6.03 Å². The van der Waals surface area contributed by atoms with Crippen molar-refractivity contribution >= 4 is 28.7 Å². The molecule has 0 radical (unpaired) electrons. The second-order valence-electron chi connectivity index (χ2n) is 7.66. The number of carbonyl (C=O) groups is 1. The van der Waals surface area contributed by atoms with E-state index in [2.05, 4.69) is 37.2 Å². The second-order valence-corrected chi connectivity index (χ2v) is 7.66. The standard InChI is InChI=1S/C19H23N7O/c1-25(18-15-4-6-21-17(15)22-11-23-18)14-7-12-9-26(10-13(12)8-14)19(27)24-16-3-2-5-20-16/h2-4,6,11-14H,5,7-10H2,1H3,(H,20,24,27)(H,21,22,23)/t12-,13+,14?. The van der Waals surface area contributed by atoms with Crippen LogP contribution in [0.3, 0.4) is 0 Å². The Balaban J connectivity index is 1.24.